The molecule has 0 rings (SSSR count). The fourth-order valence-electron chi connectivity index (χ4n) is 0.517. The number of carbonyl (C=O) groups excluding carboxylic acids is 2. The third kappa shape index (κ3) is 3.30. The fraction of sp³-hybridized carbons (Fsp3) is 0.286. The number of Topliss-reactive ketones (excluding diaryl/α,β-unsaturated/α-hetero) is 1. The minimum atomic E-state index is -1.37. The maximum Gasteiger partial charge on any atom is 0.339 e. The van der Waals surface area contributed by atoms with Gasteiger partial charge in [-0.25, -0.2) is 4.79 Å². The van der Waals surface area contributed by atoms with Gasteiger partial charge in [-0.2, -0.15) is 0 Å². The topological polar surface area (TPSA) is 71.4 Å². The Morgan fingerprint density at radius 2 is 1.64 bits per heavy atom. The molecule has 0 aliphatic carbocycles. The van der Waals surface area contributed by atoms with Crippen LogP contribution < -0.4 is 0 Å². The van der Waals surface area contributed by atoms with Gasteiger partial charge >= 0.3 is 5.97 Å². The highest BCUT2D eigenvalue weighted by atomic mass is 16.4. The van der Waals surface area contributed by atoms with Gasteiger partial charge in [-0.3, -0.25) is 9.59 Å². The number of aliphatic carboxylic acids is 1. The van der Waals surface area contributed by atoms with Gasteiger partial charge in [0, 0.05) is 0 Å². The van der Waals surface area contributed by atoms with Crippen LogP contribution in [0.3, 0.4) is 0 Å². The van der Waals surface area contributed by atoms with E-state index in [1.165, 1.54) is 6.92 Å². The molecule has 4 nitrogen and oxygen atoms in total. The van der Waals surface area contributed by atoms with Gasteiger partial charge in [0.1, 0.15) is 5.57 Å². The number of hydrogen-bond donors (Lipinski definition) is 1. The zero-order chi connectivity index (χ0) is 9.02. The standard InChI is InChI=1S/C7H8O4/c1-4(8)3-6(5(2)9)7(10)11/h3H,1-2H3,(H,10,11). The van der Waals surface area contributed by atoms with Crippen molar-refractivity contribution < 1.29 is 19.5 Å². The summed E-state index contributed by atoms with van der Waals surface area (Å²) in [6.07, 6.45) is 0.810. The molecule has 0 saturated carbocycles. The summed E-state index contributed by atoms with van der Waals surface area (Å²) < 4.78 is 0. The lowest BCUT2D eigenvalue weighted by molar-refractivity contribution is -0.134. The van der Waals surface area contributed by atoms with E-state index in [1.54, 1.807) is 0 Å². The minimum absolute atomic E-state index is 0.447. The lowest BCUT2D eigenvalue weighted by Gasteiger charge is -1.92. The molecule has 0 aliphatic rings. The Balaban J connectivity index is 4.75. The molecule has 4 heteroatoms. The smallest absolute Gasteiger partial charge is 0.339 e. The van der Waals surface area contributed by atoms with Crippen LogP contribution in [0, 0.1) is 0 Å². The molecule has 0 aromatic rings. The third-order valence-electron chi connectivity index (χ3n) is 0.957. The number of carboxylic acid groups (broad SMARTS) is 1. The first-order valence-electron chi connectivity index (χ1n) is 2.91. The molecular formula is C7H8O4. The first-order valence-corrected chi connectivity index (χ1v) is 2.91. The summed E-state index contributed by atoms with van der Waals surface area (Å²) in [7, 11) is 0. The molecule has 60 valence electrons. The maximum atomic E-state index is 10.5. The van der Waals surface area contributed by atoms with E-state index in [0.29, 0.717) is 0 Å². The summed E-state index contributed by atoms with van der Waals surface area (Å²) in [4.78, 5) is 31.1. The summed E-state index contributed by atoms with van der Waals surface area (Å²) in [6.45, 7) is 2.29. The fourth-order valence-corrected chi connectivity index (χ4v) is 0.517. The van der Waals surface area contributed by atoms with Crippen LogP contribution in [0.2, 0.25) is 0 Å². The predicted octanol–water partition coefficient (Wildman–Crippen LogP) is 0.175. The molecule has 1 N–H and O–H groups in total. The van der Waals surface area contributed by atoms with E-state index in [1.807, 2.05) is 0 Å². The highest BCUT2D eigenvalue weighted by molar-refractivity contribution is 6.18. The van der Waals surface area contributed by atoms with Crippen LogP contribution in [0.5, 0.6) is 0 Å². The zero-order valence-corrected chi connectivity index (χ0v) is 6.25. The monoisotopic (exact) mass is 156 g/mol. The van der Waals surface area contributed by atoms with Gasteiger partial charge < -0.3 is 5.11 Å². The van der Waals surface area contributed by atoms with Crippen molar-refractivity contribution in [3.63, 3.8) is 0 Å². The van der Waals surface area contributed by atoms with E-state index < -0.39 is 23.1 Å². The van der Waals surface area contributed by atoms with Crippen molar-refractivity contribution in [1.82, 2.24) is 0 Å². The van der Waals surface area contributed by atoms with E-state index in [4.69, 9.17) is 5.11 Å². The molecule has 11 heavy (non-hydrogen) atoms. The normalized spacial score (nSPS) is 10.9. The predicted molar refractivity (Wildman–Crippen MR) is 37.1 cm³/mol. The van der Waals surface area contributed by atoms with Crippen molar-refractivity contribution in [3.8, 4) is 0 Å². The summed E-state index contributed by atoms with van der Waals surface area (Å²) >= 11 is 0. The number of ketones is 2. The molecule has 0 aromatic carbocycles. The van der Waals surface area contributed by atoms with E-state index in [-0.39, 0.29) is 0 Å². The molecule has 0 spiro atoms. The Morgan fingerprint density at radius 1 is 1.18 bits per heavy atom. The molecule has 0 aromatic heterocycles. The molecule has 0 aliphatic heterocycles. The third-order valence-corrected chi connectivity index (χ3v) is 0.957. The van der Waals surface area contributed by atoms with Crippen molar-refractivity contribution >= 4 is 17.5 Å². The van der Waals surface area contributed by atoms with Crippen molar-refractivity contribution in [1.29, 1.82) is 0 Å². The molecule has 0 heterocycles. The number of carbonyl (C=O) groups is 3. The second-order valence-corrected chi connectivity index (χ2v) is 2.03. The Morgan fingerprint density at radius 3 is 1.73 bits per heavy atom. The van der Waals surface area contributed by atoms with Crippen LogP contribution in [0.1, 0.15) is 13.8 Å². The first-order chi connectivity index (χ1) is 4.95. The van der Waals surface area contributed by atoms with Crippen molar-refractivity contribution in [2.45, 2.75) is 13.8 Å². The van der Waals surface area contributed by atoms with E-state index in [0.717, 1.165) is 13.0 Å². The van der Waals surface area contributed by atoms with Gasteiger partial charge in [0.2, 0.25) is 0 Å². The molecular weight excluding hydrogens is 148 g/mol. The number of carboxylic acids is 1. The van der Waals surface area contributed by atoms with Gasteiger partial charge in [-0.1, -0.05) is 0 Å². The Bertz CT molecular complexity index is 221. The highest BCUT2D eigenvalue weighted by Gasteiger charge is 2.12. The van der Waals surface area contributed by atoms with E-state index in [9.17, 15) is 14.4 Å². The van der Waals surface area contributed by atoms with Crippen LogP contribution >= 0.6 is 0 Å². The molecule has 0 atom stereocenters. The van der Waals surface area contributed by atoms with Crippen LogP contribution in [0.25, 0.3) is 0 Å². The van der Waals surface area contributed by atoms with Crippen molar-refractivity contribution in [2.24, 2.45) is 0 Å². The van der Waals surface area contributed by atoms with Gasteiger partial charge in [-0.05, 0) is 19.9 Å². The van der Waals surface area contributed by atoms with Gasteiger partial charge in [0.05, 0.1) is 0 Å². The number of hydrogen-bond acceptors (Lipinski definition) is 3. The second-order valence-electron chi connectivity index (χ2n) is 2.03. The lowest BCUT2D eigenvalue weighted by Crippen LogP contribution is -2.10. The summed E-state index contributed by atoms with van der Waals surface area (Å²) in [5, 5.41) is 8.35. The quantitative estimate of drug-likeness (QED) is 0.359. The molecule has 0 fully saturated rings. The van der Waals surface area contributed by atoms with Gasteiger partial charge in [0.15, 0.2) is 11.6 Å². The SMILES string of the molecule is CC(=O)C=C(C(C)=O)C(=O)O. The number of rotatable bonds is 3. The Hall–Kier alpha value is -1.45. The maximum absolute atomic E-state index is 10.5. The molecule has 0 unspecified atom stereocenters. The van der Waals surface area contributed by atoms with Gasteiger partial charge in [0.25, 0.3) is 0 Å². The summed E-state index contributed by atoms with van der Waals surface area (Å²) in [5.41, 5.74) is -0.475. The van der Waals surface area contributed by atoms with Gasteiger partial charge in [-0.15, -0.1) is 0 Å². The Kier molecular flexibility index (Phi) is 3.17. The molecule has 0 radical (unpaired) electrons. The van der Waals surface area contributed by atoms with Crippen molar-refractivity contribution in [2.75, 3.05) is 0 Å². The average molecular weight is 156 g/mol. The van der Waals surface area contributed by atoms with E-state index in [2.05, 4.69) is 0 Å². The lowest BCUT2D eigenvalue weighted by atomic mass is 10.1. The average Bonchev–Trinajstić information content (AvgIpc) is 1.81. The van der Waals surface area contributed by atoms with Crippen LogP contribution in [0.15, 0.2) is 11.6 Å². The van der Waals surface area contributed by atoms with Crippen LogP contribution in [-0.4, -0.2) is 22.6 Å². The first kappa shape index (κ1) is 9.55. The molecule has 0 amide bonds. The van der Waals surface area contributed by atoms with E-state index >= 15 is 0 Å². The zero-order valence-electron chi connectivity index (χ0n) is 6.25. The highest BCUT2D eigenvalue weighted by Crippen LogP contribution is 1.96. The largest absolute Gasteiger partial charge is 0.478 e. The second kappa shape index (κ2) is 3.65. The van der Waals surface area contributed by atoms with Crippen LogP contribution in [0.4, 0.5) is 0 Å². The molecule has 0 bridgehead atoms. The Labute approximate surface area is 63.5 Å². The minimum Gasteiger partial charge on any atom is -0.478 e. The molecule has 0 saturated heterocycles. The number of allylic oxidation sites excluding steroid dienone is 1. The summed E-state index contributed by atoms with van der Waals surface area (Å²) in [5.74, 6) is -2.43. The van der Waals surface area contributed by atoms with Crippen molar-refractivity contribution in [3.05, 3.63) is 11.6 Å². The van der Waals surface area contributed by atoms with Crippen LogP contribution in [-0.2, 0) is 14.4 Å². The summed E-state index contributed by atoms with van der Waals surface area (Å²) in [6, 6.07) is 0.